The van der Waals surface area contributed by atoms with Gasteiger partial charge in [-0.25, -0.2) is 0 Å². The zero-order valence-electron chi connectivity index (χ0n) is 10.7. The van der Waals surface area contributed by atoms with Crippen molar-refractivity contribution in [2.75, 3.05) is 26.2 Å². The molecule has 1 fully saturated rings. The molecule has 0 heterocycles. The summed E-state index contributed by atoms with van der Waals surface area (Å²) in [6, 6.07) is 0.867. The zero-order valence-corrected chi connectivity index (χ0v) is 10.7. The van der Waals surface area contributed by atoms with Gasteiger partial charge < -0.3 is 5.32 Å². The molecule has 0 aromatic rings. The van der Waals surface area contributed by atoms with Crippen molar-refractivity contribution in [2.24, 2.45) is 0 Å². The maximum absolute atomic E-state index is 5.31. The number of nitrogens with zero attached hydrogens (tertiary/aromatic N) is 1. The highest BCUT2D eigenvalue weighted by molar-refractivity contribution is 4.87. The SMILES string of the molecule is C#CCN(CC)CCCCCCNC1CC1. The summed E-state index contributed by atoms with van der Waals surface area (Å²) in [5.74, 6) is 2.72. The van der Waals surface area contributed by atoms with Gasteiger partial charge in [0.25, 0.3) is 0 Å². The lowest BCUT2D eigenvalue weighted by molar-refractivity contribution is 0.314. The van der Waals surface area contributed by atoms with Crippen molar-refractivity contribution in [3.8, 4) is 12.3 Å². The second-order valence-corrected chi connectivity index (χ2v) is 4.72. The highest BCUT2D eigenvalue weighted by atomic mass is 15.1. The first-order valence-electron chi connectivity index (χ1n) is 6.76. The summed E-state index contributed by atoms with van der Waals surface area (Å²) >= 11 is 0. The van der Waals surface area contributed by atoms with Crippen molar-refractivity contribution in [1.29, 1.82) is 0 Å². The van der Waals surface area contributed by atoms with Gasteiger partial charge >= 0.3 is 0 Å². The van der Waals surface area contributed by atoms with Crippen molar-refractivity contribution >= 4 is 0 Å². The molecule has 0 radical (unpaired) electrons. The Morgan fingerprint density at radius 2 is 2.00 bits per heavy atom. The van der Waals surface area contributed by atoms with Crippen LogP contribution in [0.15, 0.2) is 0 Å². The molecule has 0 saturated heterocycles. The monoisotopic (exact) mass is 222 g/mol. The number of rotatable bonds is 10. The van der Waals surface area contributed by atoms with Crippen molar-refractivity contribution < 1.29 is 0 Å². The van der Waals surface area contributed by atoms with Gasteiger partial charge in [0.2, 0.25) is 0 Å². The summed E-state index contributed by atoms with van der Waals surface area (Å²) in [5.41, 5.74) is 0. The van der Waals surface area contributed by atoms with E-state index in [4.69, 9.17) is 6.42 Å². The molecule has 1 aliphatic rings. The third-order valence-corrected chi connectivity index (χ3v) is 3.17. The minimum absolute atomic E-state index is 0.805. The second kappa shape index (κ2) is 8.61. The van der Waals surface area contributed by atoms with E-state index < -0.39 is 0 Å². The van der Waals surface area contributed by atoms with E-state index in [9.17, 15) is 0 Å². The van der Waals surface area contributed by atoms with Crippen LogP contribution in [0.2, 0.25) is 0 Å². The average Bonchev–Trinajstić information content (AvgIpc) is 3.10. The summed E-state index contributed by atoms with van der Waals surface area (Å²) in [4.78, 5) is 2.34. The highest BCUT2D eigenvalue weighted by Gasteiger charge is 2.19. The van der Waals surface area contributed by atoms with E-state index in [2.05, 4.69) is 23.1 Å². The van der Waals surface area contributed by atoms with E-state index in [1.807, 2.05) is 0 Å². The number of nitrogens with one attached hydrogen (secondary N) is 1. The molecule has 16 heavy (non-hydrogen) atoms. The van der Waals surface area contributed by atoms with E-state index in [1.54, 1.807) is 0 Å². The number of unbranched alkanes of at least 4 members (excludes halogenated alkanes) is 3. The fraction of sp³-hybridized carbons (Fsp3) is 0.857. The van der Waals surface area contributed by atoms with Crippen LogP contribution in [0.1, 0.15) is 45.4 Å². The molecule has 0 aromatic heterocycles. The Balaban J connectivity index is 1.80. The fourth-order valence-corrected chi connectivity index (χ4v) is 1.89. The molecule has 0 atom stereocenters. The molecule has 92 valence electrons. The molecule has 1 rings (SSSR count). The topological polar surface area (TPSA) is 15.3 Å². The van der Waals surface area contributed by atoms with Crippen molar-refractivity contribution in [2.45, 2.75) is 51.5 Å². The number of terminal acetylenes is 1. The largest absolute Gasteiger partial charge is 0.314 e. The molecular formula is C14H26N2. The van der Waals surface area contributed by atoms with Crippen LogP contribution in [0.5, 0.6) is 0 Å². The minimum Gasteiger partial charge on any atom is -0.314 e. The van der Waals surface area contributed by atoms with Gasteiger partial charge in [-0.2, -0.15) is 0 Å². The molecule has 0 bridgehead atoms. The zero-order chi connectivity index (χ0) is 11.6. The fourth-order valence-electron chi connectivity index (χ4n) is 1.89. The maximum Gasteiger partial charge on any atom is 0.0598 e. The van der Waals surface area contributed by atoms with Gasteiger partial charge in [0.15, 0.2) is 0 Å². The van der Waals surface area contributed by atoms with E-state index in [0.29, 0.717) is 0 Å². The molecule has 2 heteroatoms. The molecule has 1 saturated carbocycles. The van der Waals surface area contributed by atoms with Gasteiger partial charge in [-0.15, -0.1) is 6.42 Å². The summed E-state index contributed by atoms with van der Waals surface area (Å²) in [5, 5.41) is 3.55. The van der Waals surface area contributed by atoms with Gasteiger partial charge in [0.05, 0.1) is 6.54 Å². The van der Waals surface area contributed by atoms with Crippen LogP contribution >= 0.6 is 0 Å². The number of hydrogen-bond acceptors (Lipinski definition) is 2. The first-order valence-corrected chi connectivity index (χ1v) is 6.76. The average molecular weight is 222 g/mol. The Labute approximate surface area is 101 Å². The van der Waals surface area contributed by atoms with E-state index in [0.717, 1.165) is 25.7 Å². The second-order valence-electron chi connectivity index (χ2n) is 4.72. The Morgan fingerprint density at radius 1 is 1.25 bits per heavy atom. The molecule has 0 aliphatic heterocycles. The Hall–Kier alpha value is -0.520. The summed E-state index contributed by atoms with van der Waals surface area (Å²) in [7, 11) is 0. The van der Waals surface area contributed by atoms with Crippen LogP contribution in [0.3, 0.4) is 0 Å². The van der Waals surface area contributed by atoms with Crippen molar-refractivity contribution in [3.05, 3.63) is 0 Å². The van der Waals surface area contributed by atoms with Crippen LogP contribution in [0.4, 0.5) is 0 Å². The van der Waals surface area contributed by atoms with Gasteiger partial charge in [-0.3, -0.25) is 4.90 Å². The van der Waals surface area contributed by atoms with Gasteiger partial charge in [-0.05, 0) is 45.3 Å². The lowest BCUT2D eigenvalue weighted by atomic mass is 10.2. The van der Waals surface area contributed by atoms with Crippen LogP contribution in [-0.4, -0.2) is 37.1 Å². The van der Waals surface area contributed by atoms with Gasteiger partial charge in [0, 0.05) is 6.04 Å². The Kier molecular flexibility index (Phi) is 7.29. The van der Waals surface area contributed by atoms with E-state index >= 15 is 0 Å². The van der Waals surface area contributed by atoms with Crippen LogP contribution in [0.25, 0.3) is 0 Å². The molecular weight excluding hydrogens is 196 g/mol. The molecule has 0 spiro atoms. The van der Waals surface area contributed by atoms with Gasteiger partial charge in [-0.1, -0.05) is 25.7 Å². The first kappa shape index (κ1) is 13.5. The molecule has 1 N–H and O–H groups in total. The Morgan fingerprint density at radius 3 is 2.62 bits per heavy atom. The predicted molar refractivity (Wildman–Crippen MR) is 70.4 cm³/mol. The molecule has 0 amide bonds. The first-order chi connectivity index (χ1) is 7.86. The van der Waals surface area contributed by atoms with Crippen LogP contribution < -0.4 is 5.32 Å². The van der Waals surface area contributed by atoms with Crippen LogP contribution in [-0.2, 0) is 0 Å². The molecule has 0 aromatic carbocycles. The molecule has 1 aliphatic carbocycles. The Bertz CT molecular complexity index is 203. The highest BCUT2D eigenvalue weighted by Crippen LogP contribution is 2.18. The van der Waals surface area contributed by atoms with Crippen molar-refractivity contribution in [3.63, 3.8) is 0 Å². The lowest BCUT2D eigenvalue weighted by Gasteiger charge is -2.16. The third-order valence-electron chi connectivity index (χ3n) is 3.17. The normalized spacial score (nSPS) is 15.3. The third kappa shape index (κ3) is 6.87. The van der Waals surface area contributed by atoms with Gasteiger partial charge in [0.1, 0.15) is 0 Å². The van der Waals surface area contributed by atoms with Crippen molar-refractivity contribution in [1.82, 2.24) is 10.2 Å². The predicted octanol–water partition coefficient (Wildman–Crippen LogP) is 2.25. The lowest BCUT2D eigenvalue weighted by Crippen LogP contribution is -2.24. The molecule has 2 nitrogen and oxygen atoms in total. The summed E-state index contributed by atoms with van der Waals surface area (Å²) < 4.78 is 0. The smallest absolute Gasteiger partial charge is 0.0598 e. The molecule has 0 unspecified atom stereocenters. The standard InChI is InChI=1S/C14H26N2/c1-3-12-16(4-2)13-8-6-5-7-11-15-14-9-10-14/h1,14-15H,4-13H2,2H3. The van der Waals surface area contributed by atoms with E-state index in [-0.39, 0.29) is 0 Å². The number of hydrogen-bond donors (Lipinski definition) is 1. The quantitative estimate of drug-likeness (QED) is 0.450. The minimum atomic E-state index is 0.805. The van der Waals surface area contributed by atoms with Crippen LogP contribution in [0, 0.1) is 12.3 Å². The maximum atomic E-state index is 5.31. The summed E-state index contributed by atoms with van der Waals surface area (Å²) in [6.07, 6.45) is 13.4. The summed E-state index contributed by atoms with van der Waals surface area (Å²) in [6.45, 7) is 6.44. The van der Waals surface area contributed by atoms with E-state index in [1.165, 1.54) is 45.1 Å².